The Labute approximate surface area is 134 Å². The molecule has 1 aliphatic rings. The van der Waals surface area contributed by atoms with Gasteiger partial charge in [0.1, 0.15) is 0 Å². The SMILES string of the molecule is CN=C(NCCN1C(=O)CNC1=O)NCc1cc(C(C)C)no1. The Balaban J connectivity index is 1.75. The molecule has 0 spiro atoms. The number of nitrogens with zero attached hydrogens (tertiary/aromatic N) is 3. The lowest BCUT2D eigenvalue weighted by atomic mass is 10.1. The Morgan fingerprint density at radius 1 is 1.48 bits per heavy atom. The van der Waals surface area contributed by atoms with Gasteiger partial charge in [0, 0.05) is 26.2 Å². The van der Waals surface area contributed by atoms with Crippen molar-refractivity contribution < 1.29 is 14.1 Å². The van der Waals surface area contributed by atoms with Gasteiger partial charge in [-0.05, 0) is 5.92 Å². The highest BCUT2D eigenvalue weighted by atomic mass is 16.5. The summed E-state index contributed by atoms with van der Waals surface area (Å²) in [6.07, 6.45) is 0. The molecule has 2 heterocycles. The van der Waals surface area contributed by atoms with Crippen molar-refractivity contribution in [1.82, 2.24) is 26.0 Å². The Morgan fingerprint density at radius 2 is 2.26 bits per heavy atom. The Hall–Kier alpha value is -2.58. The van der Waals surface area contributed by atoms with Gasteiger partial charge in [-0.2, -0.15) is 0 Å². The zero-order valence-corrected chi connectivity index (χ0v) is 13.5. The molecule has 0 aromatic carbocycles. The molecule has 0 radical (unpaired) electrons. The van der Waals surface area contributed by atoms with Crippen LogP contribution in [0.1, 0.15) is 31.2 Å². The standard InChI is InChI=1S/C14H22N6O3/c1-9(2)11-6-10(23-19-11)7-17-13(15-3)16-4-5-20-12(21)8-18-14(20)22/h6,9H,4-5,7-8H2,1-3H3,(H,18,22)(H2,15,16,17). The third kappa shape index (κ3) is 4.44. The van der Waals surface area contributed by atoms with Crippen molar-refractivity contribution in [3.63, 3.8) is 0 Å². The molecule has 9 heteroatoms. The van der Waals surface area contributed by atoms with Gasteiger partial charge in [0.2, 0.25) is 5.91 Å². The molecule has 3 N–H and O–H groups in total. The number of aromatic nitrogens is 1. The molecule has 2 rings (SSSR count). The minimum atomic E-state index is -0.359. The van der Waals surface area contributed by atoms with Crippen LogP contribution in [0.5, 0.6) is 0 Å². The molecule has 1 fully saturated rings. The molecule has 3 amide bonds. The highest BCUT2D eigenvalue weighted by Crippen LogP contribution is 2.13. The number of hydrogen-bond donors (Lipinski definition) is 3. The van der Waals surface area contributed by atoms with E-state index in [1.807, 2.05) is 19.9 Å². The van der Waals surface area contributed by atoms with Gasteiger partial charge < -0.3 is 20.5 Å². The average molecular weight is 322 g/mol. The average Bonchev–Trinajstić information content (AvgIpc) is 3.12. The number of nitrogens with one attached hydrogen (secondary N) is 3. The van der Waals surface area contributed by atoms with E-state index < -0.39 is 0 Å². The van der Waals surface area contributed by atoms with Gasteiger partial charge in [-0.25, -0.2) is 4.79 Å². The van der Waals surface area contributed by atoms with Crippen molar-refractivity contribution in [2.24, 2.45) is 4.99 Å². The first-order valence-corrected chi connectivity index (χ1v) is 7.49. The van der Waals surface area contributed by atoms with Gasteiger partial charge in [0.15, 0.2) is 11.7 Å². The van der Waals surface area contributed by atoms with Crippen molar-refractivity contribution in [3.05, 3.63) is 17.5 Å². The van der Waals surface area contributed by atoms with Gasteiger partial charge in [0.25, 0.3) is 0 Å². The van der Waals surface area contributed by atoms with Crippen LogP contribution < -0.4 is 16.0 Å². The highest BCUT2D eigenvalue weighted by Gasteiger charge is 2.27. The van der Waals surface area contributed by atoms with Crippen molar-refractivity contribution >= 4 is 17.9 Å². The largest absolute Gasteiger partial charge is 0.359 e. The fourth-order valence-electron chi connectivity index (χ4n) is 2.04. The zero-order valence-electron chi connectivity index (χ0n) is 13.5. The van der Waals surface area contributed by atoms with Crippen molar-refractivity contribution in [2.75, 3.05) is 26.7 Å². The second-order valence-corrected chi connectivity index (χ2v) is 5.43. The molecular weight excluding hydrogens is 300 g/mol. The predicted octanol–water partition coefficient (Wildman–Crippen LogP) is 0.0148. The molecule has 126 valence electrons. The van der Waals surface area contributed by atoms with E-state index in [9.17, 15) is 9.59 Å². The molecule has 1 aromatic rings. The molecule has 1 aliphatic heterocycles. The van der Waals surface area contributed by atoms with Crippen LogP contribution in [0.3, 0.4) is 0 Å². The maximum absolute atomic E-state index is 11.4. The third-order valence-corrected chi connectivity index (χ3v) is 3.39. The molecule has 0 unspecified atom stereocenters. The van der Waals surface area contributed by atoms with Gasteiger partial charge in [-0.15, -0.1) is 0 Å². The minimum Gasteiger partial charge on any atom is -0.359 e. The Bertz CT molecular complexity index is 579. The van der Waals surface area contributed by atoms with E-state index in [4.69, 9.17) is 4.52 Å². The highest BCUT2D eigenvalue weighted by molar-refractivity contribution is 6.01. The van der Waals surface area contributed by atoms with Gasteiger partial charge >= 0.3 is 6.03 Å². The van der Waals surface area contributed by atoms with E-state index in [0.717, 1.165) is 5.69 Å². The molecule has 0 saturated carbocycles. The van der Waals surface area contributed by atoms with Crippen molar-refractivity contribution in [2.45, 2.75) is 26.3 Å². The first-order valence-electron chi connectivity index (χ1n) is 7.49. The van der Waals surface area contributed by atoms with Crippen LogP contribution in [-0.4, -0.2) is 54.6 Å². The van der Waals surface area contributed by atoms with Crippen LogP contribution >= 0.6 is 0 Å². The van der Waals surface area contributed by atoms with Crippen LogP contribution in [0.25, 0.3) is 0 Å². The molecular formula is C14H22N6O3. The number of amides is 3. The molecule has 1 saturated heterocycles. The zero-order chi connectivity index (χ0) is 16.8. The molecule has 9 nitrogen and oxygen atoms in total. The Morgan fingerprint density at radius 3 is 2.83 bits per heavy atom. The van der Waals surface area contributed by atoms with Crippen LogP contribution in [0, 0.1) is 0 Å². The summed E-state index contributed by atoms with van der Waals surface area (Å²) in [6, 6.07) is 1.54. The number of hydrogen-bond acceptors (Lipinski definition) is 5. The van der Waals surface area contributed by atoms with Crippen LogP contribution in [0.4, 0.5) is 4.79 Å². The lowest BCUT2D eigenvalue weighted by Gasteiger charge is -2.14. The van der Waals surface area contributed by atoms with E-state index in [0.29, 0.717) is 30.7 Å². The van der Waals surface area contributed by atoms with Gasteiger partial charge in [-0.3, -0.25) is 14.7 Å². The minimum absolute atomic E-state index is 0.0650. The number of aliphatic imine (C=N–C) groups is 1. The first kappa shape index (κ1) is 16.8. The van der Waals surface area contributed by atoms with Gasteiger partial charge in [0.05, 0.1) is 18.8 Å². The number of urea groups is 1. The molecule has 23 heavy (non-hydrogen) atoms. The van der Waals surface area contributed by atoms with E-state index in [1.165, 1.54) is 4.90 Å². The lowest BCUT2D eigenvalue weighted by molar-refractivity contribution is -0.124. The number of guanidine groups is 1. The maximum Gasteiger partial charge on any atom is 0.324 e. The normalized spacial score (nSPS) is 15.3. The van der Waals surface area contributed by atoms with E-state index in [2.05, 4.69) is 26.1 Å². The summed E-state index contributed by atoms with van der Waals surface area (Å²) >= 11 is 0. The van der Waals surface area contributed by atoms with E-state index in [-0.39, 0.29) is 25.0 Å². The summed E-state index contributed by atoms with van der Waals surface area (Å²) < 4.78 is 5.23. The summed E-state index contributed by atoms with van der Waals surface area (Å²) in [5.41, 5.74) is 0.906. The van der Waals surface area contributed by atoms with Crippen LogP contribution in [0.2, 0.25) is 0 Å². The van der Waals surface area contributed by atoms with E-state index in [1.54, 1.807) is 7.05 Å². The summed E-state index contributed by atoms with van der Waals surface area (Å²) in [5.74, 6) is 1.36. The monoisotopic (exact) mass is 322 g/mol. The van der Waals surface area contributed by atoms with E-state index >= 15 is 0 Å². The number of imide groups is 1. The summed E-state index contributed by atoms with van der Waals surface area (Å²) in [7, 11) is 1.64. The Kier molecular flexibility index (Phi) is 5.56. The summed E-state index contributed by atoms with van der Waals surface area (Å²) in [5, 5.41) is 12.6. The number of carbonyl (C=O) groups excluding carboxylic acids is 2. The van der Waals surface area contributed by atoms with Crippen LogP contribution in [0.15, 0.2) is 15.6 Å². The fourth-order valence-corrected chi connectivity index (χ4v) is 2.04. The number of carbonyl (C=O) groups is 2. The third-order valence-electron chi connectivity index (χ3n) is 3.39. The van der Waals surface area contributed by atoms with Crippen molar-refractivity contribution in [1.29, 1.82) is 0 Å². The molecule has 0 aliphatic carbocycles. The lowest BCUT2D eigenvalue weighted by Crippen LogP contribution is -2.42. The topological polar surface area (TPSA) is 112 Å². The summed E-state index contributed by atoms with van der Waals surface area (Å²) in [6.45, 7) is 5.30. The quantitative estimate of drug-likeness (QED) is 0.386. The molecule has 0 bridgehead atoms. The maximum atomic E-state index is 11.4. The van der Waals surface area contributed by atoms with Gasteiger partial charge in [-0.1, -0.05) is 19.0 Å². The second kappa shape index (κ2) is 7.61. The summed E-state index contributed by atoms with van der Waals surface area (Å²) in [4.78, 5) is 28.1. The molecule has 0 atom stereocenters. The number of rotatable bonds is 6. The van der Waals surface area contributed by atoms with Crippen molar-refractivity contribution in [3.8, 4) is 0 Å². The smallest absolute Gasteiger partial charge is 0.324 e. The fraction of sp³-hybridized carbons (Fsp3) is 0.571. The second-order valence-electron chi connectivity index (χ2n) is 5.43. The predicted molar refractivity (Wildman–Crippen MR) is 83.9 cm³/mol. The van der Waals surface area contributed by atoms with Crippen LogP contribution in [-0.2, 0) is 11.3 Å². The first-order chi connectivity index (χ1) is 11.0. The molecule has 1 aromatic heterocycles.